The summed E-state index contributed by atoms with van der Waals surface area (Å²) in [6, 6.07) is 0. The monoisotopic (exact) mass is 517 g/mol. The first-order valence-electron chi connectivity index (χ1n) is 13.4. The fourth-order valence-corrected chi connectivity index (χ4v) is 5.05. The van der Waals surface area contributed by atoms with Crippen molar-refractivity contribution < 1.29 is 15.3 Å². The predicted octanol–water partition coefficient (Wildman–Crippen LogP) is 0.757. The van der Waals surface area contributed by atoms with Crippen molar-refractivity contribution in [3.8, 4) is 0 Å². The van der Waals surface area contributed by atoms with Crippen LogP contribution in [0.3, 0.4) is 0 Å². The zero-order valence-corrected chi connectivity index (χ0v) is 21.5. The first-order chi connectivity index (χ1) is 18.2. The molecule has 0 aromatic carbocycles. The lowest BCUT2D eigenvalue weighted by Gasteiger charge is -2.32. The minimum atomic E-state index is -0.106. The molecule has 0 spiro atoms. The van der Waals surface area contributed by atoms with Crippen molar-refractivity contribution in [2.75, 3.05) is 98.3 Å². The molecule has 4 rings (SSSR count). The molecule has 0 aliphatic carbocycles. The van der Waals surface area contributed by atoms with E-state index in [1.165, 1.54) is 0 Å². The van der Waals surface area contributed by atoms with Crippen LogP contribution in [0.2, 0.25) is 0 Å². The molecule has 0 amide bonds. The molecular weight excluding hydrogens is 478 g/mol. The van der Waals surface area contributed by atoms with Gasteiger partial charge < -0.3 is 34.9 Å². The second-order valence-corrected chi connectivity index (χ2v) is 9.48. The van der Waals surface area contributed by atoms with E-state index in [-0.39, 0.29) is 32.9 Å². The number of aliphatic hydroxyl groups excluding tert-OH is 3. The summed E-state index contributed by atoms with van der Waals surface area (Å²) in [5, 5.41) is 32.0. The van der Waals surface area contributed by atoms with Gasteiger partial charge in [-0.15, -0.1) is 0 Å². The molecule has 2 aliphatic rings. The molecule has 0 unspecified atom stereocenters. The molecule has 37 heavy (non-hydrogen) atoms. The highest BCUT2D eigenvalue weighted by atomic mass is 16.3. The topological polar surface area (TPSA) is 155 Å². The Balaban J connectivity index is 1.93. The Morgan fingerprint density at radius 2 is 1.03 bits per heavy atom. The first kappa shape index (κ1) is 27.1. The van der Waals surface area contributed by atoms with Crippen LogP contribution in [0.25, 0.3) is 11.0 Å². The van der Waals surface area contributed by atoms with E-state index >= 15 is 0 Å². The van der Waals surface area contributed by atoms with Gasteiger partial charge in [0, 0.05) is 52.4 Å². The number of aromatic nitrogens is 4. The largest absolute Gasteiger partial charge is 0.395 e. The lowest BCUT2D eigenvalue weighted by Crippen LogP contribution is -2.36. The number of rotatable bonds is 13. The van der Waals surface area contributed by atoms with Crippen molar-refractivity contribution in [2.45, 2.75) is 38.5 Å². The SMILES string of the molecule is O=NCCN(CCO)c1nc(N2CCCCC2)c2nc(N(CCO)CCO)nc(N3CCCCC3)c2n1. The fourth-order valence-electron chi connectivity index (χ4n) is 5.05. The molecular formula is C24H39N9O4. The van der Waals surface area contributed by atoms with Gasteiger partial charge >= 0.3 is 0 Å². The minimum Gasteiger partial charge on any atom is -0.395 e. The van der Waals surface area contributed by atoms with Crippen molar-refractivity contribution in [1.29, 1.82) is 0 Å². The maximum Gasteiger partial charge on any atom is 0.228 e. The molecule has 0 atom stereocenters. The van der Waals surface area contributed by atoms with Crippen molar-refractivity contribution in [3.63, 3.8) is 0 Å². The van der Waals surface area contributed by atoms with Crippen molar-refractivity contribution in [3.05, 3.63) is 4.91 Å². The molecule has 204 valence electrons. The van der Waals surface area contributed by atoms with Crippen molar-refractivity contribution >= 4 is 34.6 Å². The number of nitrogens with zero attached hydrogens (tertiary/aromatic N) is 9. The average molecular weight is 518 g/mol. The van der Waals surface area contributed by atoms with Crippen LogP contribution in [0, 0.1) is 4.91 Å². The van der Waals surface area contributed by atoms with E-state index in [2.05, 4.69) is 15.0 Å². The van der Waals surface area contributed by atoms with E-state index in [1.807, 2.05) is 0 Å². The molecule has 13 heteroatoms. The summed E-state index contributed by atoms with van der Waals surface area (Å²) in [4.78, 5) is 38.6. The summed E-state index contributed by atoms with van der Waals surface area (Å²) in [6.07, 6.45) is 6.53. The smallest absolute Gasteiger partial charge is 0.228 e. The third-order valence-corrected chi connectivity index (χ3v) is 6.93. The van der Waals surface area contributed by atoms with Crippen LogP contribution in [-0.2, 0) is 0 Å². The Bertz CT molecular complexity index is 1010. The van der Waals surface area contributed by atoms with E-state index in [0.29, 0.717) is 54.2 Å². The number of hydrogen-bond acceptors (Lipinski definition) is 13. The number of hydrogen-bond donors (Lipinski definition) is 3. The van der Waals surface area contributed by atoms with Gasteiger partial charge in [-0.3, -0.25) is 0 Å². The summed E-state index contributed by atoms with van der Waals surface area (Å²) in [5.74, 6) is 2.27. The summed E-state index contributed by atoms with van der Waals surface area (Å²) in [5.41, 5.74) is 1.26. The molecule has 2 saturated heterocycles. The van der Waals surface area contributed by atoms with Gasteiger partial charge in [-0.1, -0.05) is 5.18 Å². The summed E-state index contributed by atoms with van der Waals surface area (Å²) in [6.45, 7) is 4.33. The van der Waals surface area contributed by atoms with E-state index in [9.17, 15) is 20.2 Å². The van der Waals surface area contributed by atoms with E-state index in [0.717, 1.165) is 64.7 Å². The van der Waals surface area contributed by atoms with Gasteiger partial charge in [0.2, 0.25) is 11.9 Å². The Hall–Kier alpha value is -2.90. The van der Waals surface area contributed by atoms with Gasteiger partial charge in [0.05, 0.1) is 26.4 Å². The van der Waals surface area contributed by atoms with Crippen LogP contribution in [-0.4, -0.2) is 114 Å². The maximum atomic E-state index is 10.9. The van der Waals surface area contributed by atoms with E-state index in [1.54, 1.807) is 9.80 Å². The number of anilines is 4. The van der Waals surface area contributed by atoms with Gasteiger partial charge in [-0.25, -0.2) is 9.97 Å². The Labute approximate surface area is 217 Å². The second-order valence-electron chi connectivity index (χ2n) is 9.48. The minimum absolute atomic E-state index is 0.0617. The summed E-state index contributed by atoms with van der Waals surface area (Å²) >= 11 is 0. The Morgan fingerprint density at radius 3 is 1.41 bits per heavy atom. The first-order valence-corrected chi connectivity index (χ1v) is 13.4. The molecule has 3 N–H and O–H groups in total. The summed E-state index contributed by atoms with van der Waals surface area (Å²) < 4.78 is 0. The normalized spacial score (nSPS) is 16.3. The number of aliphatic hydroxyl groups is 3. The maximum absolute atomic E-state index is 10.9. The molecule has 2 aromatic heterocycles. The van der Waals surface area contributed by atoms with E-state index in [4.69, 9.17) is 19.9 Å². The lowest BCUT2D eigenvalue weighted by atomic mass is 10.1. The van der Waals surface area contributed by atoms with Crippen LogP contribution in [0.5, 0.6) is 0 Å². The zero-order chi connectivity index (χ0) is 26.0. The molecule has 2 aromatic rings. The van der Waals surface area contributed by atoms with Crippen LogP contribution >= 0.6 is 0 Å². The molecule has 2 fully saturated rings. The standard InChI is InChI=1S/C24H39N9O4/c34-16-13-32(12-7-25-37)23-26-19-20(21(28-23)30-8-3-1-4-9-30)27-24(33(14-17-35)15-18-36)29-22(19)31-10-5-2-6-11-31/h34-36H,1-18H2. The fraction of sp³-hybridized carbons (Fsp3) is 0.750. The highest BCUT2D eigenvalue weighted by molar-refractivity contribution is 5.95. The van der Waals surface area contributed by atoms with Crippen molar-refractivity contribution in [2.24, 2.45) is 5.18 Å². The number of piperidine rings is 2. The van der Waals surface area contributed by atoms with Gasteiger partial charge in [-0.2, -0.15) is 14.9 Å². The molecule has 0 radical (unpaired) electrons. The second kappa shape index (κ2) is 13.6. The van der Waals surface area contributed by atoms with Gasteiger partial charge in [0.15, 0.2) is 11.6 Å². The van der Waals surface area contributed by atoms with Gasteiger partial charge in [0.25, 0.3) is 0 Å². The van der Waals surface area contributed by atoms with Crippen LogP contribution in [0.4, 0.5) is 23.5 Å². The highest BCUT2D eigenvalue weighted by Gasteiger charge is 2.27. The van der Waals surface area contributed by atoms with Crippen LogP contribution in [0.1, 0.15) is 38.5 Å². The van der Waals surface area contributed by atoms with Gasteiger partial charge in [0.1, 0.15) is 11.0 Å². The number of nitroso groups, excluding NO2 is 1. The molecule has 4 heterocycles. The Morgan fingerprint density at radius 1 is 0.622 bits per heavy atom. The Kier molecular flexibility index (Phi) is 9.97. The van der Waals surface area contributed by atoms with Crippen molar-refractivity contribution in [1.82, 2.24) is 19.9 Å². The lowest BCUT2D eigenvalue weighted by molar-refractivity contribution is 0.280. The third-order valence-electron chi connectivity index (χ3n) is 6.93. The van der Waals surface area contributed by atoms with Gasteiger partial charge in [-0.05, 0) is 38.5 Å². The highest BCUT2D eigenvalue weighted by Crippen LogP contribution is 2.34. The van der Waals surface area contributed by atoms with E-state index < -0.39 is 0 Å². The van der Waals surface area contributed by atoms with Crippen LogP contribution < -0.4 is 19.6 Å². The zero-order valence-electron chi connectivity index (χ0n) is 21.5. The quantitative estimate of drug-likeness (QED) is 0.321. The third kappa shape index (κ3) is 6.51. The molecule has 2 aliphatic heterocycles. The molecule has 0 bridgehead atoms. The average Bonchev–Trinajstić information content (AvgIpc) is 2.95. The molecule has 13 nitrogen and oxygen atoms in total. The summed E-state index contributed by atoms with van der Waals surface area (Å²) in [7, 11) is 0. The molecule has 0 saturated carbocycles. The van der Waals surface area contributed by atoms with Crippen LogP contribution in [0.15, 0.2) is 5.18 Å². The number of fused-ring (bicyclic) bond motifs is 1. The predicted molar refractivity (Wildman–Crippen MR) is 144 cm³/mol.